The fraction of sp³-hybridized carbons (Fsp3) is 0.348. The van der Waals surface area contributed by atoms with E-state index in [0.717, 1.165) is 37.1 Å². The number of rotatable bonds is 8. The predicted molar refractivity (Wildman–Crippen MR) is 118 cm³/mol. The van der Waals surface area contributed by atoms with Gasteiger partial charge < -0.3 is 15.2 Å². The molecule has 0 saturated carbocycles. The monoisotopic (exact) mass is 390 g/mol. The summed E-state index contributed by atoms with van der Waals surface area (Å²) in [6.07, 6.45) is 0.974. The average molecular weight is 391 g/mol. The number of hydrogen-bond donors (Lipinski definition) is 2. The van der Waals surface area contributed by atoms with E-state index in [9.17, 15) is 0 Å². The summed E-state index contributed by atoms with van der Waals surface area (Å²) in [7, 11) is 1.96. The van der Waals surface area contributed by atoms with Gasteiger partial charge in [-0.15, -0.1) is 10.2 Å². The summed E-state index contributed by atoms with van der Waals surface area (Å²) < 4.78 is 1.97. The first-order valence-electron chi connectivity index (χ1n) is 10.2. The molecule has 0 unspecified atom stereocenters. The maximum absolute atomic E-state index is 4.67. The fourth-order valence-corrected chi connectivity index (χ4v) is 3.31. The summed E-state index contributed by atoms with van der Waals surface area (Å²) >= 11 is 0. The van der Waals surface area contributed by atoms with Crippen LogP contribution in [0.3, 0.4) is 0 Å². The van der Waals surface area contributed by atoms with Gasteiger partial charge in [-0.2, -0.15) is 0 Å². The number of hydrogen-bond acceptors (Lipinski definition) is 3. The minimum atomic E-state index is 0.342. The molecular weight excluding hydrogens is 360 g/mol. The molecule has 0 bridgehead atoms. The van der Waals surface area contributed by atoms with E-state index < -0.39 is 0 Å². The van der Waals surface area contributed by atoms with Gasteiger partial charge in [-0.25, -0.2) is 4.99 Å². The number of aromatic nitrogens is 3. The Morgan fingerprint density at radius 3 is 2.10 bits per heavy atom. The average Bonchev–Trinajstić information content (AvgIpc) is 3.08. The minimum absolute atomic E-state index is 0.342. The molecule has 0 saturated heterocycles. The van der Waals surface area contributed by atoms with Crippen LogP contribution in [0.4, 0.5) is 0 Å². The molecule has 29 heavy (non-hydrogen) atoms. The standard InChI is InChI=1S/C23H30N6/c1-4-24-23(26-17-22-28-27-18(2)29(22)3)25-16-15-21(19-11-7-5-8-12-19)20-13-9-6-10-14-20/h5-14,21H,4,15-17H2,1-3H3,(H2,24,25,26). The largest absolute Gasteiger partial charge is 0.357 e. The second-order valence-corrected chi connectivity index (χ2v) is 7.01. The van der Waals surface area contributed by atoms with Gasteiger partial charge in [0.05, 0.1) is 0 Å². The van der Waals surface area contributed by atoms with Gasteiger partial charge >= 0.3 is 0 Å². The van der Waals surface area contributed by atoms with Crippen molar-refractivity contribution >= 4 is 5.96 Å². The highest BCUT2D eigenvalue weighted by atomic mass is 15.3. The normalized spacial score (nSPS) is 11.7. The smallest absolute Gasteiger partial charge is 0.191 e. The van der Waals surface area contributed by atoms with Gasteiger partial charge in [-0.3, -0.25) is 0 Å². The molecule has 6 heteroatoms. The summed E-state index contributed by atoms with van der Waals surface area (Å²) in [5, 5.41) is 15.1. The molecule has 1 aromatic heterocycles. The third kappa shape index (κ3) is 5.67. The van der Waals surface area contributed by atoms with E-state index in [1.807, 2.05) is 18.5 Å². The van der Waals surface area contributed by atoms with Crippen molar-refractivity contribution in [3.8, 4) is 0 Å². The molecule has 0 aliphatic carbocycles. The molecular formula is C23H30N6. The molecule has 0 radical (unpaired) electrons. The second kappa shape index (κ2) is 10.4. The molecule has 1 heterocycles. The fourth-order valence-electron chi connectivity index (χ4n) is 3.31. The SMILES string of the molecule is CCNC(=NCc1nnc(C)n1C)NCCC(c1ccccc1)c1ccccc1. The van der Waals surface area contributed by atoms with Crippen molar-refractivity contribution in [3.63, 3.8) is 0 Å². The van der Waals surface area contributed by atoms with Crippen molar-refractivity contribution < 1.29 is 0 Å². The minimum Gasteiger partial charge on any atom is -0.357 e. The number of aryl methyl sites for hydroxylation is 1. The maximum Gasteiger partial charge on any atom is 0.191 e. The van der Waals surface area contributed by atoms with Crippen molar-refractivity contribution in [1.82, 2.24) is 25.4 Å². The molecule has 0 aliphatic rings. The van der Waals surface area contributed by atoms with Gasteiger partial charge in [0.25, 0.3) is 0 Å². The first-order chi connectivity index (χ1) is 14.2. The van der Waals surface area contributed by atoms with Crippen molar-refractivity contribution in [3.05, 3.63) is 83.4 Å². The highest BCUT2D eigenvalue weighted by molar-refractivity contribution is 5.79. The van der Waals surface area contributed by atoms with Crippen molar-refractivity contribution in [2.45, 2.75) is 32.7 Å². The Balaban J connectivity index is 1.66. The molecule has 0 amide bonds. The van der Waals surface area contributed by atoms with Crippen LogP contribution in [0, 0.1) is 6.92 Å². The number of aliphatic imine (C=N–C) groups is 1. The zero-order chi connectivity index (χ0) is 20.5. The predicted octanol–water partition coefficient (Wildman–Crippen LogP) is 3.40. The van der Waals surface area contributed by atoms with Crippen LogP contribution >= 0.6 is 0 Å². The zero-order valence-electron chi connectivity index (χ0n) is 17.5. The number of guanidine groups is 1. The Bertz CT molecular complexity index is 862. The lowest BCUT2D eigenvalue weighted by atomic mass is 9.88. The Morgan fingerprint density at radius 2 is 1.59 bits per heavy atom. The van der Waals surface area contributed by atoms with Gasteiger partial charge in [0.2, 0.25) is 0 Å². The summed E-state index contributed by atoms with van der Waals surface area (Å²) in [5.74, 6) is 2.88. The number of nitrogens with one attached hydrogen (secondary N) is 2. The molecule has 6 nitrogen and oxygen atoms in total. The van der Waals surface area contributed by atoms with Gasteiger partial charge in [-0.1, -0.05) is 60.7 Å². The van der Waals surface area contributed by atoms with E-state index in [-0.39, 0.29) is 0 Å². The molecule has 0 fully saturated rings. The Morgan fingerprint density at radius 1 is 0.966 bits per heavy atom. The lowest BCUT2D eigenvalue weighted by Crippen LogP contribution is -2.38. The van der Waals surface area contributed by atoms with Crippen molar-refractivity contribution in [2.24, 2.45) is 12.0 Å². The topological polar surface area (TPSA) is 67.1 Å². The third-order valence-electron chi connectivity index (χ3n) is 5.03. The van der Waals surface area contributed by atoms with Gasteiger partial charge in [0.15, 0.2) is 11.8 Å². The highest BCUT2D eigenvalue weighted by Gasteiger charge is 2.14. The zero-order valence-corrected chi connectivity index (χ0v) is 17.5. The van der Waals surface area contributed by atoms with Gasteiger partial charge in [0, 0.05) is 26.1 Å². The number of nitrogens with zero attached hydrogens (tertiary/aromatic N) is 4. The summed E-state index contributed by atoms with van der Waals surface area (Å²) in [6.45, 7) is 6.13. The first-order valence-corrected chi connectivity index (χ1v) is 10.2. The third-order valence-corrected chi connectivity index (χ3v) is 5.03. The summed E-state index contributed by atoms with van der Waals surface area (Å²) in [4.78, 5) is 4.67. The molecule has 0 aliphatic heterocycles. The molecule has 2 N–H and O–H groups in total. The molecule has 0 spiro atoms. The summed E-state index contributed by atoms with van der Waals surface area (Å²) in [5.41, 5.74) is 2.66. The van der Waals surface area contributed by atoms with E-state index >= 15 is 0 Å². The Hall–Kier alpha value is -3.15. The van der Waals surface area contributed by atoms with Crippen LogP contribution in [-0.2, 0) is 13.6 Å². The molecule has 3 rings (SSSR count). The molecule has 0 atom stereocenters. The van der Waals surface area contributed by atoms with Crippen LogP contribution in [0.5, 0.6) is 0 Å². The molecule has 152 valence electrons. The van der Waals surface area contributed by atoms with E-state index in [1.54, 1.807) is 0 Å². The van der Waals surface area contributed by atoms with Crippen LogP contribution in [0.2, 0.25) is 0 Å². The van der Waals surface area contributed by atoms with Crippen molar-refractivity contribution in [1.29, 1.82) is 0 Å². The Kier molecular flexibility index (Phi) is 7.39. The summed E-state index contributed by atoms with van der Waals surface area (Å²) in [6, 6.07) is 21.4. The Labute approximate surface area is 173 Å². The van der Waals surface area contributed by atoms with E-state index in [2.05, 4.69) is 93.4 Å². The van der Waals surface area contributed by atoms with E-state index in [4.69, 9.17) is 0 Å². The lowest BCUT2D eigenvalue weighted by Gasteiger charge is -2.19. The van der Waals surface area contributed by atoms with E-state index in [0.29, 0.717) is 12.5 Å². The molecule has 3 aromatic rings. The van der Waals surface area contributed by atoms with Crippen LogP contribution in [0.1, 0.15) is 42.0 Å². The van der Waals surface area contributed by atoms with Crippen LogP contribution < -0.4 is 10.6 Å². The van der Waals surface area contributed by atoms with Crippen LogP contribution in [-0.4, -0.2) is 33.8 Å². The molecule has 2 aromatic carbocycles. The van der Waals surface area contributed by atoms with Crippen LogP contribution in [0.15, 0.2) is 65.7 Å². The first kappa shape index (κ1) is 20.6. The highest BCUT2D eigenvalue weighted by Crippen LogP contribution is 2.27. The van der Waals surface area contributed by atoms with Gasteiger partial charge in [0.1, 0.15) is 12.4 Å². The quantitative estimate of drug-likeness (QED) is 0.457. The van der Waals surface area contributed by atoms with Crippen LogP contribution in [0.25, 0.3) is 0 Å². The number of benzene rings is 2. The van der Waals surface area contributed by atoms with Gasteiger partial charge in [-0.05, 0) is 31.4 Å². The van der Waals surface area contributed by atoms with Crippen molar-refractivity contribution in [2.75, 3.05) is 13.1 Å². The second-order valence-electron chi connectivity index (χ2n) is 7.01. The lowest BCUT2D eigenvalue weighted by molar-refractivity contribution is 0.676. The van der Waals surface area contributed by atoms with E-state index in [1.165, 1.54) is 11.1 Å². The maximum atomic E-state index is 4.67.